The predicted octanol–water partition coefficient (Wildman–Crippen LogP) is 2.63. The van der Waals surface area contributed by atoms with Gasteiger partial charge < -0.3 is 10.5 Å². The normalized spacial score (nSPS) is 11.2. The van der Waals surface area contributed by atoms with Crippen LogP contribution in [0.1, 0.15) is 19.4 Å². The number of nitrogens with zero attached hydrogens (tertiary/aromatic N) is 1. The second-order valence-electron chi connectivity index (χ2n) is 4.60. The molecule has 2 amide bonds. The zero-order valence-corrected chi connectivity index (χ0v) is 11.5. The molecule has 0 fully saturated rings. The zero-order valence-electron chi connectivity index (χ0n) is 11.5. The highest BCUT2D eigenvalue weighted by Crippen LogP contribution is 2.27. The van der Waals surface area contributed by atoms with Crippen molar-refractivity contribution in [2.75, 3.05) is 0 Å². The summed E-state index contributed by atoms with van der Waals surface area (Å²) in [6, 6.07) is 11.1. The third-order valence-electron chi connectivity index (χ3n) is 2.66. The number of hydrogen-bond donors (Lipinski definition) is 2. The van der Waals surface area contributed by atoms with E-state index in [4.69, 9.17) is 10.5 Å². The summed E-state index contributed by atoms with van der Waals surface area (Å²) in [4.78, 5) is 10.7. The van der Waals surface area contributed by atoms with Crippen LogP contribution in [0.4, 0.5) is 4.79 Å². The Labute approximate surface area is 117 Å². The van der Waals surface area contributed by atoms with Crippen LogP contribution >= 0.6 is 0 Å². The average molecular weight is 271 g/mol. The number of carbonyl (C=O) groups excluding carboxylic acids is 1. The van der Waals surface area contributed by atoms with Gasteiger partial charge >= 0.3 is 6.03 Å². The van der Waals surface area contributed by atoms with Crippen molar-refractivity contribution >= 4 is 23.0 Å². The van der Waals surface area contributed by atoms with E-state index < -0.39 is 6.03 Å². The zero-order chi connectivity index (χ0) is 14.5. The fourth-order valence-electron chi connectivity index (χ4n) is 1.93. The first-order chi connectivity index (χ1) is 9.58. The van der Waals surface area contributed by atoms with Gasteiger partial charge in [-0.15, -0.1) is 0 Å². The fraction of sp³-hybridized carbons (Fsp3) is 0.200. The molecule has 2 aromatic carbocycles. The van der Waals surface area contributed by atoms with Crippen molar-refractivity contribution in [2.45, 2.75) is 20.0 Å². The van der Waals surface area contributed by atoms with Crippen molar-refractivity contribution in [3.05, 3.63) is 42.0 Å². The molecule has 2 aromatic rings. The minimum absolute atomic E-state index is 0.0485. The van der Waals surface area contributed by atoms with Gasteiger partial charge in [0, 0.05) is 5.56 Å². The Kier molecular flexibility index (Phi) is 4.20. The number of benzene rings is 2. The van der Waals surface area contributed by atoms with Gasteiger partial charge in [-0.3, -0.25) is 0 Å². The molecule has 0 radical (unpaired) electrons. The van der Waals surface area contributed by atoms with Crippen molar-refractivity contribution in [1.82, 2.24) is 5.43 Å². The Morgan fingerprint density at radius 2 is 2.05 bits per heavy atom. The van der Waals surface area contributed by atoms with Gasteiger partial charge in [-0.25, -0.2) is 10.2 Å². The minimum Gasteiger partial charge on any atom is -0.490 e. The van der Waals surface area contributed by atoms with E-state index in [0.717, 1.165) is 16.3 Å². The van der Waals surface area contributed by atoms with Crippen molar-refractivity contribution in [3.8, 4) is 5.75 Å². The number of primary amides is 1. The molecule has 0 aliphatic carbocycles. The molecular formula is C15H17N3O2. The molecule has 2 rings (SSSR count). The van der Waals surface area contributed by atoms with E-state index in [1.807, 2.05) is 50.2 Å². The Bertz CT molecular complexity index is 651. The Morgan fingerprint density at radius 3 is 2.75 bits per heavy atom. The lowest BCUT2D eigenvalue weighted by Crippen LogP contribution is -2.24. The number of urea groups is 1. The Hall–Kier alpha value is -2.56. The molecule has 0 atom stereocenters. The van der Waals surface area contributed by atoms with Gasteiger partial charge in [0.1, 0.15) is 5.75 Å². The summed E-state index contributed by atoms with van der Waals surface area (Å²) in [6.07, 6.45) is 1.59. The standard InChI is InChI=1S/C15H17N3O2/c1-10(2)20-14-8-7-11-5-3-4-6-12(11)13(14)9-17-18-15(16)19/h3-10H,1-2H3,(H3,16,18,19)/b17-9-. The van der Waals surface area contributed by atoms with E-state index in [9.17, 15) is 4.79 Å². The second-order valence-corrected chi connectivity index (χ2v) is 4.60. The maximum atomic E-state index is 10.7. The predicted molar refractivity (Wildman–Crippen MR) is 80.0 cm³/mol. The average Bonchev–Trinajstić information content (AvgIpc) is 2.40. The van der Waals surface area contributed by atoms with E-state index >= 15 is 0 Å². The van der Waals surface area contributed by atoms with Crippen LogP contribution in [0.15, 0.2) is 41.5 Å². The van der Waals surface area contributed by atoms with Crippen LogP contribution in [0.25, 0.3) is 10.8 Å². The third kappa shape index (κ3) is 3.26. The quantitative estimate of drug-likeness (QED) is 0.662. The van der Waals surface area contributed by atoms with Crippen molar-refractivity contribution < 1.29 is 9.53 Å². The molecule has 0 aliphatic rings. The maximum absolute atomic E-state index is 10.7. The molecule has 0 saturated carbocycles. The number of carbonyl (C=O) groups is 1. The highest BCUT2D eigenvalue weighted by molar-refractivity contribution is 6.02. The summed E-state index contributed by atoms with van der Waals surface area (Å²) < 4.78 is 5.78. The van der Waals surface area contributed by atoms with E-state index in [2.05, 4.69) is 10.5 Å². The number of ether oxygens (including phenoxy) is 1. The molecule has 0 bridgehead atoms. The lowest BCUT2D eigenvalue weighted by Gasteiger charge is -2.14. The van der Waals surface area contributed by atoms with Crippen LogP contribution in [-0.4, -0.2) is 18.3 Å². The molecule has 0 aromatic heterocycles. The highest BCUT2D eigenvalue weighted by atomic mass is 16.5. The van der Waals surface area contributed by atoms with Gasteiger partial charge in [-0.1, -0.05) is 30.3 Å². The summed E-state index contributed by atoms with van der Waals surface area (Å²) in [5, 5.41) is 5.90. The largest absolute Gasteiger partial charge is 0.490 e. The molecule has 5 nitrogen and oxygen atoms in total. The van der Waals surface area contributed by atoms with Crippen molar-refractivity contribution in [3.63, 3.8) is 0 Å². The van der Waals surface area contributed by atoms with Crippen LogP contribution in [0.5, 0.6) is 5.75 Å². The number of hydrogen-bond acceptors (Lipinski definition) is 3. The SMILES string of the molecule is CC(C)Oc1ccc2ccccc2c1/C=N\NC(N)=O. The number of nitrogens with two attached hydrogens (primary N) is 1. The molecular weight excluding hydrogens is 254 g/mol. The summed E-state index contributed by atoms with van der Waals surface area (Å²) in [6.45, 7) is 3.91. The summed E-state index contributed by atoms with van der Waals surface area (Å²) in [5.74, 6) is 0.716. The number of rotatable bonds is 4. The third-order valence-corrected chi connectivity index (χ3v) is 2.66. The van der Waals surface area contributed by atoms with E-state index in [-0.39, 0.29) is 6.10 Å². The Balaban J connectivity index is 2.49. The van der Waals surface area contributed by atoms with E-state index in [1.165, 1.54) is 0 Å². The molecule has 3 N–H and O–H groups in total. The van der Waals surface area contributed by atoms with E-state index in [0.29, 0.717) is 5.75 Å². The first-order valence-corrected chi connectivity index (χ1v) is 6.35. The monoisotopic (exact) mass is 271 g/mol. The van der Waals surface area contributed by atoms with Gasteiger partial charge in [0.25, 0.3) is 0 Å². The van der Waals surface area contributed by atoms with Crippen LogP contribution in [-0.2, 0) is 0 Å². The molecule has 0 spiro atoms. The molecule has 0 unspecified atom stereocenters. The number of amides is 2. The molecule has 5 heteroatoms. The molecule has 0 saturated heterocycles. The van der Waals surface area contributed by atoms with Gasteiger partial charge in [-0.2, -0.15) is 5.10 Å². The highest BCUT2D eigenvalue weighted by Gasteiger charge is 2.08. The molecule has 0 heterocycles. The number of fused-ring (bicyclic) bond motifs is 1. The summed E-state index contributed by atoms with van der Waals surface area (Å²) >= 11 is 0. The van der Waals surface area contributed by atoms with Gasteiger partial charge in [-0.05, 0) is 30.7 Å². The van der Waals surface area contributed by atoms with Crippen LogP contribution in [0.3, 0.4) is 0 Å². The summed E-state index contributed by atoms with van der Waals surface area (Å²) in [5.41, 5.74) is 8.00. The van der Waals surface area contributed by atoms with Crippen LogP contribution in [0.2, 0.25) is 0 Å². The van der Waals surface area contributed by atoms with Crippen LogP contribution < -0.4 is 15.9 Å². The molecule has 20 heavy (non-hydrogen) atoms. The van der Waals surface area contributed by atoms with Gasteiger partial charge in [0.2, 0.25) is 0 Å². The summed E-state index contributed by atoms with van der Waals surface area (Å²) in [7, 11) is 0. The second kappa shape index (κ2) is 6.06. The first kappa shape index (κ1) is 13.9. The topological polar surface area (TPSA) is 76.7 Å². The fourth-order valence-corrected chi connectivity index (χ4v) is 1.93. The van der Waals surface area contributed by atoms with Gasteiger partial charge in [0.15, 0.2) is 0 Å². The number of hydrazone groups is 1. The smallest absolute Gasteiger partial charge is 0.332 e. The van der Waals surface area contributed by atoms with Gasteiger partial charge in [0.05, 0.1) is 12.3 Å². The lowest BCUT2D eigenvalue weighted by atomic mass is 10.0. The van der Waals surface area contributed by atoms with Crippen molar-refractivity contribution in [1.29, 1.82) is 0 Å². The number of nitrogens with one attached hydrogen (secondary N) is 1. The minimum atomic E-state index is -0.701. The lowest BCUT2D eigenvalue weighted by molar-refractivity contribution is 0.242. The molecule has 0 aliphatic heterocycles. The Morgan fingerprint density at radius 1 is 1.30 bits per heavy atom. The van der Waals surface area contributed by atoms with E-state index in [1.54, 1.807) is 6.21 Å². The first-order valence-electron chi connectivity index (χ1n) is 6.35. The van der Waals surface area contributed by atoms with Crippen LogP contribution in [0, 0.1) is 0 Å². The maximum Gasteiger partial charge on any atom is 0.332 e. The molecule has 104 valence electrons. The van der Waals surface area contributed by atoms with Crippen molar-refractivity contribution in [2.24, 2.45) is 10.8 Å².